The summed E-state index contributed by atoms with van der Waals surface area (Å²) in [6, 6.07) is 23.8. The van der Waals surface area contributed by atoms with E-state index in [1.807, 2.05) is 90.1 Å². The molecule has 2 aliphatic rings. The van der Waals surface area contributed by atoms with Gasteiger partial charge in [0.25, 0.3) is 0 Å². The van der Waals surface area contributed by atoms with Gasteiger partial charge in [-0.25, -0.2) is 9.59 Å². The molecule has 308 valence electrons. The molecule has 0 unspecified atom stereocenters. The number of anilines is 1. The number of nitrogens with zero attached hydrogens (tertiary/aromatic N) is 3. The van der Waals surface area contributed by atoms with Crippen molar-refractivity contribution in [2.75, 3.05) is 57.3 Å². The molecular weight excluding hydrogens is 817 g/mol. The molecule has 1 N–H and O–H groups in total. The van der Waals surface area contributed by atoms with Gasteiger partial charge in [0.2, 0.25) is 0 Å². The molecule has 0 saturated carbocycles. The first-order valence-electron chi connectivity index (χ1n) is 24.6. The Bertz CT molecular complexity index is 2360. The molecule has 0 spiro atoms. The zero-order chi connectivity index (χ0) is 51.8. The van der Waals surface area contributed by atoms with E-state index in [0.29, 0.717) is 36.0 Å². The lowest BCUT2D eigenvalue weighted by molar-refractivity contribution is 0.0223. The van der Waals surface area contributed by atoms with Gasteiger partial charge in [-0.15, -0.1) is 0 Å². The fourth-order valence-corrected chi connectivity index (χ4v) is 7.81. The Hall–Kier alpha value is -3.64. The monoisotopic (exact) mass is 888 g/mol. The van der Waals surface area contributed by atoms with Gasteiger partial charge in [-0.1, -0.05) is 83.2 Å². The summed E-state index contributed by atoms with van der Waals surface area (Å²) in [6.45, 7) is 7.11. The highest BCUT2D eigenvalue weighted by Gasteiger charge is 2.27. The summed E-state index contributed by atoms with van der Waals surface area (Å²) in [5, 5.41) is 3.18. The van der Waals surface area contributed by atoms with Crippen molar-refractivity contribution in [1.29, 1.82) is 0 Å². The molecule has 8 nitrogen and oxygen atoms in total. The molecule has 6 rings (SSSR count). The van der Waals surface area contributed by atoms with Crippen molar-refractivity contribution in [2.24, 2.45) is 0 Å². The number of aryl methyl sites for hydroxylation is 4. The molecule has 4 aromatic carbocycles. The van der Waals surface area contributed by atoms with Crippen molar-refractivity contribution in [2.45, 2.75) is 99.7 Å². The molecule has 2 heterocycles. The van der Waals surface area contributed by atoms with Crippen LogP contribution in [0.2, 0.25) is 0 Å². The van der Waals surface area contributed by atoms with E-state index in [0.717, 1.165) is 46.1 Å². The number of benzene rings is 4. The summed E-state index contributed by atoms with van der Waals surface area (Å²) in [7, 11) is 0. The Balaban J connectivity index is 0.000000252. The average molecular weight is 890 g/mol. The fourth-order valence-electron chi connectivity index (χ4n) is 5.44. The summed E-state index contributed by atoms with van der Waals surface area (Å²) in [6.07, 6.45) is -0.527. The summed E-state index contributed by atoms with van der Waals surface area (Å²) < 4.78 is 104. The lowest BCUT2D eigenvalue weighted by atomic mass is 10.2. The third-order valence-electron chi connectivity index (χ3n) is 8.14. The third-order valence-corrected chi connectivity index (χ3v) is 11.4. The molecular formula is C46H61BrN4O4S2. The van der Waals surface area contributed by atoms with E-state index in [1.54, 1.807) is 21.9 Å². The highest BCUT2D eigenvalue weighted by molar-refractivity contribution is 9.10. The lowest BCUT2D eigenvalue weighted by Crippen LogP contribution is -2.50. The predicted molar refractivity (Wildman–Crippen MR) is 241 cm³/mol. The highest BCUT2D eigenvalue weighted by Crippen LogP contribution is 2.38. The first kappa shape index (κ1) is 31.3. The fraction of sp³-hybridized carbons (Fsp3) is 0.435. The van der Waals surface area contributed by atoms with Gasteiger partial charge in [0.05, 0.1) is 5.69 Å². The second-order valence-corrected chi connectivity index (χ2v) is 18.2. The molecule has 57 heavy (non-hydrogen) atoms. The van der Waals surface area contributed by atoms with Crippen molar-refractivity contribution < 1.29 is 35.5 Å². The quantitative estimate of drug-likeness (QED) is 0.212. The van der Waals surface area contributed by atoms with Crippen LogP contribution in [0.25, 0.3) is 0 Å². The van der Waals surface area contributed by atoms with Crippen LogP contribution in [0.3, 0.4) is 0 Å². The van der Waals surface area contributed by atoms with Gasteiger partial charge >= 0.3 is 12.2 Å². The van der Waals surface area contributed by atoms with Crippen molar-refractivity contribution in [3.05, 3.63) is 112 Å². The van der Waals surface area contributed by atoms with Gasteiger partial charge in [-0.05, 0) is 132 Å². The molecule has 0 aromatic heterocycles. The van der Waals surface area contributed by atoms with Crippen LogP contribution in [0.5, 0.6) is 0 Å². The van der Waals surface area contributed by atoms with E-state index in [9.17, 15) is 9.59 Å². The molecule has 2 fully saturated rings. The van der Waals surface area contributed by atoms with Crippen LogP contribution in [0.4, 0.5) is 15.3 Å². The molecule has 2 saturated heterocycles. The zero-order valence-corrected chi connectivity index (χ0v) is 36.6. The number of halogens is 1. The minimum Gasteiger partial charge on any atom is -0.444 e. The van der Waals surface area contributed by atoms with E-state index in [1.165, 1.54) is 47.8 Å². The second kappa shape index (κ2) is 21.4. The van der Waals surface area contributed by atoms with Gasteiger partial charge in [0.15, 0.2) is 0 Å². The van der Waals surface area contributed by atoms with Crippen LogP contribution in [-0.2, 0) is 9.47 Å². The SMILES string of the molecule is CC(C)(C)OC(=O)N1CCNCC1.[2H]C([2H])([2H])c1ccc(Sc2ccccc2Br)c(C([2H])([2H])[2H])c1.[2H]C([2H])([2H])c1ccc(Sc2ccccc2N2CCN(C(=O)OC(C)(C)C)CC2)c(C([2H])([2H])[2H])c1. The number of nitrogens with one attached hydrogen (secondary N) is 1. The zero-order valence-electron chi connectivity index (χ0n) is 45.4. The molecule has 11 heteroatoms. The summed E-state index contributed by atoms with van der Waals surface area (Å²) in [5.41, 5.74) is 0.129. The number of ether oxygens (including phenoxy) is 2. The first-order valence-corrected chi connectivity index (χ1v) is 21.1. The number of piperazine rings is 2. The van der Waals surface area contributed by atoms with Gasteiger partial charge in [-0.3, -0.25) is 0 Å². The number of para-hydroxylation sites is 1. The molecule has 0 aliphatic carbocycles. The standard InChI is InChI=1S/C23H30N2O2S.C14H13BrS.C9H18N2O2/c1-17-10-11-20(18(2)16-17)28-21-9-7-6-8-19(21)24-12-14-25(15-13-24)22(26)27-23(3,4)5;1-10-7-8-13(11(2)9-10)16-14-6-4-3-5-12(14)15;1-9(2,3)13-8(12)11-6-4-10-5-7-11/h6-11,16H,12-15H2,1-5H3;3-9H,1-2H3;10H,4-7H2,1-3H3/i2*1D3,2D3;. The highest BCUT2D eigenvalue weighted by atomic mass is 79.9. The Morgan fingerprint density at radius 1 is 0.614 bits per heavy atom. The van der Waals surface area contributed by atoms with Gasteiger partial charge in [0, 0.05) is 92.9 Å². The molecule has 0 atom stereocenters. The maximum atomic E-state index is 12.4. The Morgan fingerprint density at radius 2 is 1.09 bits per heavy atom. The maximum Gasteiger partial charge on any atom is 0.410 e. The minimum absolute atomic E-state index is 0.00882. The van der Waals surface area contributed by atoms with Crippen molar-refractivity contribution in [1.82, 2.24) is 15.1 Å². The summed E-state index contributed by atoms with van der Waals surface area (Å²) >= 11 is 6.03. The second-order valence-electron chi connectivity index (χ2n) is 15.2. The van der Waals surface area contributed by atoms with Gasteiger partial charge in [-0.2, -0.15) is 0 Å². The van der Waals surface area contributed by atoms with Crippen LogP contribution in [-0.4, -0.2) is 85.5 Å². The van der Waals surface area contributed by atoms with Crippen LogP contribution in [0.15, 0.2) is 109 Å². The van der Waals surface area contributed by atoms with E-state index < -0.39 is 33.0 Å². The lowest BCUT2D eigenvalue weighted by Gasteiger charge is -2.37. The van der Waals surface area contributed by atoms with Crippen molar-refractivity contribution in [3.8, 4) is 0 Å². The first-order chi connectivity index (χ1) is 31.7. The van der Waals surface area contributed by atoms with Gasteiger partial charge in [0.1, 0.15) is 11.2 Å². The maximum absolute atomic E-state index is 12.4. The van der Waals surface area contributed by atoms with Gasteiger partial charge < -0.3 is 29.5 Å². The number of carbonyl (C=O) groups excluding carboxylic acids is 2. The molecule has 2 amide bonds. The number of hydrogen-bond acceptors (Lipinski definition) is 8. The smallest absolute Gasteiger partial charge is 0.410 e. The minimum atomic E-state index is -2.45. The third kappa shape index (κ3) is 15.6. The van der Waals surface area contributed by atoms with E-state index in [-0.39, 0.29) is 40.0 Å². The molecule has 2 aliphatic heterocycles. The summed E-state index contributed by atoms with van der Waals surface area (Å²) in [4.78, 5) is 32.2. The Morgan fingerprint density at radius 3 is 1.58 bits per heavy atom. The van der Waals surface area contributed by atoms with E-state index in [4.69, 9.17) is 25.9 Å². The normalized spacial score (nSPS) is 18.5. The average Bonchev–Trinajstić information content (AvgIpc) is 3.23. The molecule has 4 aromatic rings. The number of rotatable bonds is 5. The number of carbonyl (C=O) groups is 2. The number of amides is 2. The summed E-state index contributed by atoms with van der Waals surface area (Å²) in [5.74, 6) is 0. The van der Waals surface area contributed by atoms with Crippen LogP contribution in [0.1, 0.15) is 80.2 Å². The number of hydrogen-bond donors (Lipinski definition) is 1. The van der Waals surface area contributed by atoms with E-state index >= 15 is 0 Å². The van der Waals surface area contributed by atoms with Crippen LogP contribution >= 0.6 is 39.5 Å². The molecule has 0 radical (unpaired) electrons. The van der Waals surface area contributed by atoms with Crippen molar-refractivity contribution in [3.63, 3.8) is 0 Å². The predicted octanol–water partition coefficient (Wildman–Crippen LogP) is 11.6. The van der Waals surface area contributed by atoms with Crippen LogP contribution in [0, 0.1) is 27.4 Å². The Labute approximate surface area is 375 Å². The Kier molecular flexibility index (Phi) is 11.7. The largest absolute Gasteiger partial charge is 0.444 e. The van der Waals surface area contributed by atoms with Crippen LogP contribution < -0.4 is 10.2 Å². The topological polar surface area (TPSA) is 74.4 Å². The van der Waals surface area contributed by atoms with Crippen molar-refractivity contribution >= 4 is 57.3 Å². The molecule has 0 bridgehead atoms. The van der Waals surface area contributed by atoms with E-state index in [2.05, 4.69) is 26.1 Å².